The topological polar surface area (TPSA) is 85.8 Å². The van der Waals surface area contributed by atoms with Gasteiger partial charge in [-0.25, -0.2) is 14.6 Å². The smallest absolute Gasteiger partial charge is 0.253 e. The van der Waals surface area contributed by atoms with Crippen molar-refractivity contribution in [2.45, 2.75) is 13.3 Å². The first-order chi connectivity index (χ1) is 13.6. The van der Waals surface area contributed by atoms with Gasteiger partial charge in [0.2, 0.25) is 5.89 Å². The van der Waals surface area contributed by atoms with Gasteiger partial charge in [0, 0.05) is 18.8 Å². The molecule has 3 heterocycles. The van der Waals surface area contributed by atoms with E-state index in [4.69, 9.17) is 16.0 Å². The van der Waals surface area contributed by atoms with E-state index in [2.05, 4.69) is 36.3 Å². The molecule has 9 heteroatoms. The molecule has 4 aromatic rings. The Morgan fingerprint density at radius 3 is 2.96 bits per heavy atom. The fraction of sp³-hybridized carbons (Fsp3) is 0.158. The van der Waals surface area contributed by atoms with Crippen LogP contribution < -0.4 is 5.32 Å². The number of rotatable bonds is 5. The van der Waals surface area contributed by atoms with Crippen LogP contribution in [0.5, 0.6) is 0 Å². The van der Waals surface area contributed by atoms with E-state index in [1.807, 2.05) is 6.92 Å². The first-order valence-corrected chi connectivity index (χ1v) is 9.80. The number of carbonyl (C=O) groups excluding carboxylic acids is 1. The Hall–Kier alpha value is -2.71. The Balaban J connectivity index is 1.83. The van der Waals surface area contributed by atoms with Gasteiger partial charge >= 0.3 is 0 Å². The minimum absolute atomic E-state index is 0.185. The molecule has 0 radical (unpaired) electrons. The van der Waals surface area contributed by atoms with Gasteiger partial charge in [-0.15, -0.1) is 0 Å². The van der Waals surface area contributed by atoms with Crippen molar-refractivity contribution >= 4 is 44.5 Å². The number of halogens is 2. The third-order valence-electron chi connectivity index (χ3n) is 4.04. The summed E-state index contributed by atoms with van der Waals surface area (Å²) in [6, 6.07) is 10.5. The lowest BCUT2D eigenvalue weighted by molar-refractivity contribution is 0.0955. The molecule has 0 aliphatic heterocycles. The first kappa shape index (κ1) is 18.6. The number of pyridine rings is 1. The van der Waals surface area contributed by atoms with Crippen molar-refractivity contribution in [1.82, 2.24) is 25.1 Å². The molecular weight excluding hydrogens is 446 g/mol. The fourth-order valence-electron chi connectivity index (χ4n) is 2.77. The number of nitrogens with one attached hydrogen (secondary N) is 1. The molecule has 0 spiro atoms. The average Bonchev–Trinajstić information content (AvgIpc) is 3.29. The van der Waals surface area contributed by atoms with E-state index in [-0.39, 0.29) is 5.91 Å². The number of fused-ring (bicyclic) bond motifs is 1. The van der Waals surface area contributed by atoms with Crippen molar-refractivity contribution in [3.8, 4) is 17.4 Å². The van der Waals surface area contributed by atoms with E-state index >= 15 is 0 Å². The van der Waals surface area contributed by atoms with Crippen molar-refractivity contribution < 1.29 is 9.21 Å². The molecule has 28 heavy (non-hydrogen) atoms. The Morgan fingerprint density at radius 1 is 1.32 bits per heavy atom. The van der Waals surface area contributed by atoms with Crippen LogP contribution in [0.1, 0.15) is 23.7 Å². The summed E-state index contributed by atoms with van der Waals surface area (Å²) >= 11 is 9.65. The number of hydrogen-bond acceptors (Lipinski definition) is 5. The molecule has 142 valence electrons. The van der Waals surface area contributed by atoms with E-state index in [9.17, 15) is 4.79 Å². The normalized spacial score (nSPS) is 11.1. The Labute approximate surface area is 173 Å². The number of nitrogens with zero attached hydrogens (tertiary/aromatic N) is 4. The van der Waals surface area contributed by atoms with Gasteiger partial charge in [-0.3, -0.25) is 4.79 Å². The van der Waals surface area contributed by atoms with Crippen molar-refractivity contribution in [2.24, 2.45) is 0 Å². The van der Waals surface area contributed by atoms with Gasteiger partial charge in [-0.05, 0) is 46.6 Å². The summed E-state index contributed by atoms with van der Waals surface area (Å²) in [6.45, 7) is 2.59. The lowest BCUT2D eigenvalue weighted by Crippen LogP contribution is -2.24. The van der Waals surface area contributed by atoms with E-state index in [0.717, 1.165) is 6.42 Å². The highest BCUT2D eigenvalue weighted by Crippen LogP contribution is 2.31. The fourth-order valence-corrected chi connectivity index (χ4v) is 3.35. The van der Waals surface area contributed by atoms with Crippen molar-refractivity contribution in [2.75, 3.05) is 6.54 Å². The molecule has 0 fully saturated rings. The first-order valence-electron chi connectivity index (χ1n) is 8.63. The number of amides is 1. The van der Waals surface area contributed by atoms with E-state index in [1.165, 1.54) is 0 Å². The monoisotopic (exact) mass is 459 g/mol. The standard InChI is InChI=1S/C19H15BrClN5O2/c1-2-8-23-18(27)11-5-3-7-14-16(11)24-19(28-14)13-10-15(20)25-26(13)17-12(21)6-4-9-22-17/h3-7,9-10H,2,8H2,1H3,(H,23,27). The molecule has 1 amide bonds. The summed E-state index contributed by atoms with van der Waals surface area (Å²) in [7, 11) is 0. The predicted octanol–water partition coefficient (Wildman–Crippen LogP) is 4.63. The summed E-state index contributed by atoms with van der Waals surface area (Å²) in [5.74, 6) is 0.577. The van der Waals surface area contributed by atoms with Crippen LogP contribution in [-0.2, 0) is 0 Å². The van der Waals surface area contributed by atoms with Gasteiger partial charge in [0.25, 0.3) is 5.91 Å². The van der Waals surface area contributed by atoms with Gasteiger partial charge < -0.3 is 9.73 Å². The Bertz CT molecular complexity index is 1170. The molecule has 0 saturated heterocycles. The van der Waals surface area contributed by atoms with Gasteiger partial charge in [-0.2, -0.15) is 5.10 Å². The number of aromatic nitrogens is 4. The number of carbonyl (C=O) groups is 1. The molecule has 0 aliphatic carbocycles. The second-order valence-corrected chi connectivity index (χ2v) is 7.22. The molecule has 0 aliphatic rings. The minimum Gasteiger partial charge on any atom is -0.435 e. The van der Waals surface area contributed by atoms with E-state index < -0.39 is 0 Å². The third kappa shape index (κ3) is 3.41. The second kappa shape index (κ2) is 7.73. The lowest BCUT2D eigenvalue weighted by Gasteiger charge is -2.05. The maximum absolute atomic E-state index is 12.5. The lowest BCUT2D eigenvalue weighted by atomic mass is 10.2. The highest BCUT2D eigenvalue weighted by molar-refractivity contribution is 9.10. The maximum Gasteiger partial charge on any atom is 0.253 e. The van der Waals surface area contributed by atoms with Crippen LogP contribution in [0.25, 0.3) is 28.5 Å². The SMILES string of the molecule is CCCNC(=O)c1cccc2oc(-c3cc(Br)nn3-c3ncccc3Cl)nc12. The van der Waals surface area contributed by atoms with Crippen LogP contribution in [0.4, 0.5) is 0 Å². The van der Waals surface area contributed by atoms with Crippen LogP contribution in [0.2, 0.25) is 5.02 Å². The Morgan fingerprint density at radius 2 is 2.18 bits per heavy atom. The summed E-state index contributed by atoms with van der Waals surface area (Å²) < 4.78 is 8.05. The van der Waals surface area contributed by atoms with Gasteiger partial charge in [0.05, 0.1) is 10.6 Å². The van der Waals surface area contributed by atoms with Crippen molar-refractivity contribution in [3.63, 3.8) is 0 Å². The molecule has 3 aromatic heterocycles. The summed E-state index contributed by atoms with van der Waals surface area (Å²) in [4.78, 5) is 21.3. The van der Waals surface area contributed by atoms with Crippen LogP contribution in [0.3, 0.4) is 0 Å². The van der Waals surface area contributed by atoms with Crippen LogP contribution >= 0.6 is 27.5 Å². The molecule has 0 unspecified atom stereocenters. The summed E-state index contributed by atoms with van der Waals surface area (Å²) in [5, 5.41) is 7.70. The van der Waals surface area contributed by atoms with Crippen molar-refractivity contribution in [1.29, 1.82) is 0 Å². The molecule has 1 N–H and O–H groups in total. The molecular formula is C19H15BrClN5O2. The zero-order valence-corrected chi connectivity index (χ0v) is 17.2. The molecule has 0 atom stereocenters. The highest BCUT2D eigenvalue weighted by atomic mass is 79.9. The van der Waals surface area contributed by atoms with E-state index in [1.54, 1.807) is 47.3 Å². The molecule has 1 aromatic carbocycles. The van der Waals surface area contributed by atoms with Crippen LogP contribution in [-0.4, -0.2) is 32.2 Å². The number of benzene rings is 1. The largest absolute Gasteiger partial charge is 0.435 e. The quantitative estimate of drug-likeness (QED) is 0.469. The van der Waals surface area contributed by atoms with Gasteiger partial charge in [0.1, 0.15) is 15.8 Å². The highest BCUT2D eigenvalue weighted by Gasteiger charge is 2.21. The van der Waals surface area contributed by atoms with Gasteiger partial charge in [-0.1, -0.05) is 24.6 Å². The number of oxazole rings is 1. The summed E-state index contributed by atoms with van der Waals surface area (Å²) in [5.41, 5.74) is 2.02. The molecule has 0 saturated carbocycles. The number of para-hydroxylation sites is 1. The van der Waals surface area contributed by atoms with Gasteiger partial charge in [0.15, 0.2) is 11.4 Å². The molecule has 4 rings (SSSR count). The maximum atomic E-state index is 12.5. The summed E-state index contributed by atoms with van der Waals surface area (Å²) in [6.07, 6.45) is 2.48. The zero-order chi connectivity index (χ0) is 19.7. The predicted molar refractivity (Wildman–Crippen MR) is 110 cm³/mol. The van der Waals surface area contributed by atoms with Crippen molar-refractivity contribution in [3.05, 3.63) is 57.8 Å². The van der Waals surface area contributed by atoms with E-state index in [0.29, 0.717) is 50.2 Å². The minimum atomic E-state index is -0.185. The number of hydrogen-bond donors (Lipinski definition) is 1. The van der Waals surface area contributed by atoms with Crippen LogP contribution in [0, 0.1) is 0 Å². The average molecular weight is 461 g/mol. The molecule has 7 nitrogen and oxygen atoms in total. The second-order valence-electron chi connectivity index (χ2n) is 6.00. The van der Waals surface area contributed by atoms with Crippen LogP contribution in [0.15, 0.2) is 51.6 Å². The molecule has 0 bridgehead atoms. The Kier molecular flexibility index (Phi) is 5.15. The third-order valence-corrected chi connectivity index (χ3v) is 4.72. The zero-order valence-electron chi connectivity index (χ0n) is 14.8.